The highest BCUT2D eigenvalue weighted by Gasteiger charge is 2.23. The number of rotatable bonds is 3. The van der Waals surface area contributed by atoms with Crippen molar-refractivity contribution in [1.82, 2.24) is 4.57 Å². The number of aryl methyl sites for hydroxylation is 1. The van der Waals surface area contributed by atoms with Crippen LogP contribution in [-0.2, 0) is 4.79 Å². The van der Waals surface area contributed by atoms with Gasteiger partial charge in [-0.15, -0.1) is 0 Å². The van der Waals surface area contributed by atoms with Crippen LogP contribution in [0.3, 0.4) is 0 Å². The average molecular weight is 415 g/mol. The van der Waals surface area contributed by atoms with Gasteiger partial charge in [0.2, 0.25) is 5.91 Å². The number of benzene rings is 2. The zero-order valence-corrected chi connectivity index (χ0v) is 17.0. The van der Waals surface area contributed by atoms with Gasteiger partial charge in [-0.1, -0.05) is 42.1 Å². The van der Waals surface area contributed by atoms with Crippen molar-refractivity contribution in [2.24, 2.45) is 5.92 Å². The lowest BCUT2D eigenvalue weighted by Gasteiger charge is -2.12. The SMILES string of the molecule is Cc1cc2cc(NC(=O)C3CCCC3)ccc2n1C(=O)c1c(Cl)cccc1Cl. The molecule has 0 saturated heterocycles. The van der Waals surface area contributed by atoms with Gasteiger partial charge in [-0.3, -0.25) is 14.2 Å². The molecule has 3 aromatic rings. The molecule has 1 aliphatic rings. The summed E-state index contributed by atoms with van der Waals surface area (Å²) in [6.45, 7) is 1.86. The summed E-state index contributed by atoms with van der Waals surface area (Å²) < 4.78 is 1.60. The van der Waals surface area contributed by atoms with Gasteiger partial charge in [0.1, 0.15) is 0 Å². The summed E-state index contributed by atoms with van der Waals surface area (Å²) in [5.74, 6) is -0.0938. The molecule has 1 saturated carbocycles. The Morgan fingerprint density at radius 2 is 1.71 bits per heavy atom. The number of halogens is 2. The predicted octanol–water partition coefficient (Wildman–Crippen LogP) is 6.07. The second-order valence-electron chi connectivity index (χ2n) is 7.27. The molecule has 1 amide bonds. The molecule has 4 rings (SSSR count). The van der Waals surface area contributed by atoms with Gasteiger partial charge in [-0.2, -0.15) is 0 Å². The van der Waals surface area contributed by atoms with Crippen LogP contribution in [0.1, 0.15) is 41.7 Å². The summed E-state index contributed by atoms with van der Waals surface area (Å²) in [4.78, 5) is 25.5. The van der Waals surface area contributed by atoms with E-state index in [0.717, 1.165) is 48.0 Å². The Labute approximate surface area is 173 Å². The number of carbonyl (C=O) groups is 2. The molecule has 0 radical (unpaired) electrons. The highest BCUT2D eigenvalue weighted by Crippen LogP contribution is 2.30. The van der Waals surface area contributed by atoms with E-state index in [1.807, 2.05) is 31.2 Å². The third-order valence-electron chi connectivity index (χ3n) is 5.36. The molecule has 1 heterocycles. The van der Waals surface area contributed by atoms with Gasteiger partial charge in [0, 0.05) is 22.7 Å². The Morgan fingerprint density at radius 3 is 2.39 bits per heavy atom. The van der Waals surface area contributed by atoms with Crippen molar-refractivity contribution >= 4 is 51.6 Å². The monoisotopic (exact) mass is 414 g/mol. The van der Waals surface area contributed by atoms with E-state index in [4.69, 9.17) is 23.2 Å². The van der Waals surface area contributed by atoms with Crippen LogP contribution < -0.4 is 5.32 Å². The maximum absolute atomic E-state index is 13.1. The molecule has 0 unspecified atom stereocenters. The molecular weight excluding hydrogens is 395 g/mol. The van der Waals surface area contributed by atoms with E-state index in [0.29, 0.717) is 10.0 Å². The first-order valence-electron chi connectivity index (χ1n) is 9.37. The number of aromatic nitrogens is 1. The molecule has 0 spiro atoms. The Morgan fingerprint density at radius 1 is 1.04 bits per heavy atom. The molecule has 2 aromatic carbocycles. The lowest BCUT2D eigenvalue weighted by atomic mass is 10.1. The first kappa shape index (κ1) is 19.0. The normalized spacial score (nSPS) is 14.5. The lowest BCUT2D eigenvalue weighted by Crippen LogP contribution is -2.20. The Hall–Kier alpha value is -2.30. The summed E-state index contributed by atoms with van der Waals surface area (Å²) in [7, 11) is 0. The van der Waals surface area contributed by atoms with E-state index >= 15 is 0 Å². The van der Waals surface area contributed by atoms with Crippen molar-refractivity contribution in [2.45, 2.75) is 32.6 Å². The zero-order valence-electron chi connectivity index (χ0n) is 15.5. The van der Waals surface area contributed by atoms with Crippen LogP contribution in [0.5, 0.6) is 0 Å². The van der Waals surface area contributed by atoms with Gasteiger partial charge in [0.05, 0.1) is 21.1 Å². The van der Waals surface area contributed by atoms with Gasteiger partial charge < -0.3 is 5.32 Å². The fraction of sp³-hybridized carbons (Fsp3) is 0.273. The predicted molar refractivity (Wildman–Crippen MR) is 113 cm³/mol. The smallest absolute Gasteiger partial charge is 0.265 e. The van der Waals surface area contributed by atoms with E-state index in [9.17, 15) is 9.59 Å². The maximum atomic E-state index is 13.1. The highest BCUT2D eigenvalue weighted by atomic mass is 35.5. The number of nitrogens with zero attached hydrogens (tertiary/aromatic N) is 1. The van der Waals surface area contributed by atoms with Gasteiger partial charge in [-0.25, -0.2) is 0 Å². The number of hydrogen-bond acceptors (Lipinski definition) is 2. The molecule has 1 aromatic heterocycles. The minimum atomic E-state index is -0.272. The van der Waals surface area contributed by atoms with Crippen molar-refractivity contribution in [3.63, 3.8) is 0 Å². The average Bonchev–Trinajstić information content (AvgIpc) is 3.28. The number of fused-ring (bicyclic) bond motifs is 1. The second kappa shape index (κ2) is 7.61. The number of amides is 1. The van der Waals surface area contributed by atoms with Crippen LogP contribution in [-0.4, -0.2) is 16.4 Å². The number of anilines is 1. The van der Waals surface area contributed by atoms with Crippen LogP contribution in [0.2, 0.25) is 10.0 Å². The van der Waals surface area contributed by atoms with Crippen molar-refractivity contribution in [3.05, 3.63) is 63.8 Å². The maximum Gasteiger partial charge on any atom is 0.265 e. The van der Waals surface area contributed by atoms with Crippen molar-refractivity contribution in [1.29, 1.82) is 0 Å². The lowest BCUT2D eigenvalue weighted by molar-refractivity contribution is -0.119. The van der Waals surface area contributed by atoms with E-state index in [1.165, 1.54) is 0 Å². The fourth-order valence-electron chi connectivity index (χ4n) is 3.95. The van der Waals surface area contributed by atoms with Crippen LogP contribution in [0.25, 0.3) is 10.9 Å². The molecule has 0 aliphatic heterocycles. The Balaban J connectivity index is 1.68. The van der Waals surface area contributed by atoms with Gasteiger partial charge in [-0.05, 0) is 56.2 Å². The van der Waals surface area contributed by atoms with Gasteiger partial charge in [0.25, 0.3) is 5.91 Å². The molecule has 1 N–H and O–H groups in total. The van der Waals surface area contributed by atoms with Gasteiger partial charge >= 0.3 is 0 Å². The van der Waals surface area contributed by atoms with E-state index < -0.39 is 0 Å². The zero-order chi connectivity index (χ0) is 19.8. The van der Waals surface area contributed by atoms with Crippen molar-refractivity contribution in [2.75, 3.05) is 5.32 Å². The summed E-state index contributed by atoms with van der Waals surface area (Å²) >= 11 is 12.4. The number of carbonyl (C=O) groups excluding carboxylic acids is 2. The second-order valence-corrected chi connectivity index (χ2v) is 8.08. The van der Waals surface area contributed by atoms with Crippen LogP contribution in [0.4, 0.5) is 5.69 Å². The summed E-state index contributed by atoms with van der Waals surface area (Å²) in [6, 6.07) is 12.5. The van der Waals surface area contributed by atoms with Gasteiger partial charge in [0.15, 0.2) is 0 Å². The minimum absolute atomic E-state index is 0.0759. The molecule has 28 heavy (non-hydrogen) atoms. The molecule has 4 nitrogen and oxygen atoms in total. The molecule has 6 heteroatoms. The quantitative estimate of drug-likeness (QED) is 0.564. The largest absolute Gasteiger partial charge is 0.326 e. The molecule has 0 bridgehead atoms. The first-order chi connectivity index (χ1) is 13.5. The van der Waals surface area contributed by atoms with Crippen LogP contribution in [0, 0.1) is 12.8 Å². The fourth-order valence-corrected chi connectivity index (χ4v) is 4.51. The highest BCUT2D eigenvalue weighted by molar-refractivity contribution is 6.40. The summed E-state index contributed by atoms with van der Waals surface area (Å²) in [5, 5.41) is 4.52. The molecule has 1 aliphatic carbocycles. The van der Waals surface area contributed by atoms with E-state index in [2.05, 4.69) is 5.32 Å². The first-order valence-corrected chi connectivity index (χ1v) is 10.1. The molecular formula is C22H20Cl2N2O2. The third-order valence-corrected chi connectivity index (χ3v) is 5.99. The Bertz CT molecular complexity index is 1060. The minimum Gasteiger partial charge on any atom is -0.326 e. The van der Waals surface area contributed by atoms with Crippen LogP contribution in [0.15, 0.2) is 42.5 Å². The number of nitrogens with one attached hydrogen (secondary N) is 1. The molecule has 1 fully saturated rings. The third kappa shape index (κ3) is 3.43. The Kier molecular flexibility index (Phi) is 5.17. The molecule has 0 atom stereocenters. The van der Waals surface area contributed by atoms with E-state index in [1.54, 1.807) is 22.8 Å². The summed E-state index contributed by atoms with van der Waals surface area (Å²) in [6.07, 6.45) is 4.14. The summed E-state index contributed by atoms with van der Waals surface area (Å²) in [5.41, 5.74) is 2.54. The number of hydrogen-bond donors (Lipinski definition) is 1. The topological polar surface area (TPSA) is 51.1 Å². The molecule has 144 valence electrons. The standard InChI is InChI=1S/C22H20Cl2N2O2/c1-13-11-15-12-16(25-21(27)14-5-2-3-6-14)9-10-19(15)26(13)22(28)20-17(23)7-4-8-18(20)24/h4,7-12,14H,2-3,5-6H2,1H3,(H,25,27). The van der Waals surface area contributed by atoms with Crippen LogP contribution >= 0.6 is 23.2 Å². The van der Waals surface area contributed by atoms with E-state index in [-0.39, 0.29) is 23.3 Å². The van der Waals surface area contributed by atoms with Crippen molar-refractivity contribution < 1.29 is 9.59 Å². The van der Waals surface area contributed by atoms with Crippen molar-refractivity contribution in [3.8, 4) is 0 Å².